The lowest BCUT2D eigenvalue weighted by atomic mass is 9.79. The second-order valence-corrected chi connectivity index (χ2v) is 8.23. The van der Waals surface area contributed by atoms with Crippen LogP contribution < -0.4 is 5.73 Å². The van der Waals surface area contributed by atoms with Gasteiger partial charge < -0.3 is 5.73 Å². The third-order valence-electron chi connectivity index (χ3n) is 4.87. The Kier molecular flexibility index (Phi) is 2.60. The number of hydrogen-bond acceptors (Lipinski definition) is 3. The van der Waals surface area contributed by atoms with Gasteiger partial charge in [0.2, 0.25) is 0 Å². The number of hydrogen-bond donors (Lipinski definition) is 1. The zero-order chi connectivity index (χ0) is 14.7. The molecule has 0 aromatic heterocycles. The molecular formula is C17H17NO2S. The van der Waals surface area contributed by atoms with E-state index < -0.39 is 15.4 Å². The van der Waals surface area contributed by atoms with Gasteiger partial charge in [0, 0.05) is 11.5 Å². The lowest BCUT2D eigenvalue weighted by Gasteiger charge is -2.31. The summed E-state index contributed by atoms with van der Waals surface area (Å²) in [4.78, 5) is 0.468. The van der Waals surface area contributed by atoms with E-state index in [9.17, 15) is 8.42 Å². The van der Waals surface area contributed by atoms with Crippen LogP contribution >= 0.6 is 0 Å². The Bertz CT molecular complexity index is 801. The van der Waals surface area contributed by atoms with E-state index in [2.05, 4.69) is 12.1 Å². The molecule has 2 N–H and O–H groups in total. The van der Waals surface area contributed by atoms with E-state index in [4.69, 9.17) is 5.73 Å². The normalized spacial score (nSPS) is 24.5. The molecule has 0 saturated carbocycles. The van der Waals surface area contributed by atoms with Gasteiger partial charge in [-0.15, -0.1) is 0 Å². The number of sulfone groups is 1. The zero-order valence-electron chi connectivity index (χ0n) is 11.6. The summed E-state index contributed by atoms with van der Waals surface area (Å²) in [7, 11) is -3.20. The summed E-state index contributed by atoms with van der Waals surface area (Å²) in [5, 5.41) is 0. The smallest absolute Gasteiger partial charge is 0.179 e. The summed E-state index contributed by atoms with van der Waals surface area (Å²) in [6.45, 7) is 0. The molecule has 0 radical (unpaired) electrons. The van der Waals surface area contributed by atoms with Crippen LogP contribution in [0.4, 0.5) is 0 Å². The van der Waals surface area contributed by atoms with Crippen LogP contribution in [0, 0.1) is 0 Å². The number of fused-ring (bicyclic) bond motifs is 2. The lowest BCUT2D eigenvalue weighted by molar-refractivity contribution is 0.382. The summed E-state index contributed by atoms with van der Waals surface area (Å²) in [5.74, 6) is 0.0164. The summed E-state index contributed by atoms with van der Waals surface area (Å²) >= 11 is 0. The maximum Gasteiger partial charge on any atom is 0.179 e. The molecule has 0 amide bonds. The SMILES string of the molecule is NC1(C2CS(=O)(=O)c3ccccc32)Cc2ccccc2C1. The molecule has 2 aromatic rings. The molecular weight excluding hydrogens is 282 g/mol. The van der Waals surface area contributed by atoms with Crippen molar-refractivity contribution >= 4 is 9.84 Å². The van der Waals surface area contributed by atoms with Crippen molar-refractivity contribution in [2.75, 3.05) is 5.75 Å². The van der Waals surface area contributed by atoms with Crippen molar-refractivity contribution in [2.24, 2.45) is 5.73 Å². The number of rotatable bonds is 1. The van der Waals surface area contributed by atoms with Gasteiger partial charge in [-0.1, -0.05) is 42.5 Å². The van der Waals surface area contributed by atoms with Gasteiger partial charge in [-0.05, 0) is 35.6 Å². The van der Waals surface area contributed by atoms with Gasteiger partial charge in [-0.2, -0.15) is 0 Å². The van der Waals surface area contributed by atoms with Gasteiger partial charge in [0.1, 0.15) is 0 Å². The van der Waals surface area contributed by atoms with E-state index >= 15 is 0 Å². The average Bonchev–Trinajstić information content (AvgIpc) is 2.95. The van der Waals surface area contributed by atoms with E-state index in [1.165, 1.54) is 11.1 Å². The molecule has 1 aliphatic heterocycles. The monoisotopic (exact) mass is 299 g/mol. The van der Waals surface area contributed by atoms with Crippen LogP contribution in [0.3, 0.4) is 0 Å². The first-order valence-corrected chi connectivity index (χ1v) is 8.82. The van der Waals surface area contributed by atoms with Gasteiger partial charge in [0.05, 0.1) is 10.6 Å². The van der Waals surface area contributed by atoms with Crippen LogP contribution in [0.1, 0.15) is 22.6 Å². The molecule has 0 spiro atoms. The first-order valence-electron chi connectivity index (χ1n) is 7.17. The van der Waals surface area contributed by atoms with Gasteiger partial charge in [0.25, 0.3) is 0 Å². The summed E-state index contributed by atoms with van der Waals surface area (Å²) in [5.41, 5.74) is 9.59. The second kappa shape index (κ2) is 4.18. The fourth-order valence-corrected chi connectivity index (χ4v) is 5.83. The first-order chi connectivity index (χ1) is 10.00. The van der Waals surface area contributed by atoms with Crippen molar-refractivity contribution in [3.8, 4) is 0 Å². The Morgan fingerprint density at radius 1 is 0.952 bits per heavy atom. The molecule has 0 bridgehead atoms. The van der Waals surface area contributed by atoms with Crippen LogP contribution in [-0.4, -0.2) is 19.7 Å². The third-order valence-corrected chi connectivity index (χ3v) is 6.68. The zero-order valence-corrected chi connectivity index (χ0v) is 12.4. The first kappa shape index (κ1) is 13.0. The fraction of sp³-hybridized carbons (Fsp3) is 0.294. The molecule has 0 fully saturated rings. The molecule has 1 aliphatic carbocycles. The maximum atomic E-state index is 12.4. The molecule has 1 heterocycles. The highest BCUT2D eigenvalue weighted by Crippen LogP contribution is 2.45. The summed E-state index contributed by atoms with van der Waals surface area (Å²) in [6.07, 6.45) is 1.50. The highest BCUT2D eigenvalue weighted by Gasteiger charge is 2.48. The van der Waals surface area contributed by atoms with E-state index in [1.807, 2.05) is 24.3 Å². The molecule has 4 heteroatoms. The van der Waals surface area contributed by atoms with Crippen molar-refractivity contribution in [3.05, 3.63) is 65.2 Å². The summed E-state index contributed by atoms with van der Waals surface area (Å²) in [6, 6.07) is 15.5. The predicted molar refractivity (Wildman–Crippen MR) is 82.0 cm³/mol. The van der Waals surface area contributed by atoms with Crippen LogP contribution in [0.25, 0.3) is 0 Å². The van der Waals surface area contributed by atoms with Crippen molar-refractivity contribution in [2.45, 2.75) is 29.2 Å². The van der Waals surface area contributed by atoms with Gasteiger partial charge in [-0.3, -0.25) is 0 Å². The third kappa shape index (κ3) is 1.86. The Hall–Kier alpha value is -1.65. The van der Waals surface area contributed by atoms with Gasteiger partial charge in [-0.25, -0.2) is 8.42 Å². The lowest BCUT2D eigenvalue weighted by Crippen LogP contribution is -2.47. The molecule has 1 atom stereocenters. The molecule has 21 heavy (non-hydrogen) atoms. The Morgan fingerprint density at radius 2 is 1.52 bits per heavy atom. The van der Waals surface area contributed by atoms with E-state index in [0.717, 1.165) is 18.4 Å². The molecule has 108 valence electrons. The Balaban J connectivity index is 1.80. The van der Waals surface area contributed by atoms with Crippen molar-refractivity contribution < 1.29 is 8.42 Å². The molecule has 3 nitrogen and oxygen atoms in total. The van der Waals surface area contributed by atoms with Crippen LogP contribution in [0.15, 0.2) is 53.4 Å². The summed E-state index contributed by atoms with van der Waals surface area (Å²) < 4.78 is 24.8. The topological polar surface area (TPSA) is 60.2 Å². The minimum atomic E-state index is -3.20. The van der Waals surface area contributed by atoms with Crippen LogP contribution in [0.5, 0.6) is 0 Å². The maximum absolute atomic E-state index is 12.4. The van der Waals surface area contributed by atoms with E-state index in [-0.39, 0.29) is 11.7 Å². The molecule has 2 aromatic carbocycles. The van der Waals surface area contributed by atoms with Gasteiger partial charge in [0.15, 0.2) is 9.84 Å². The quantitative estimate of drug-likeness (QED) is 0.877. The number of nitrogens with two attached hydrogens (primary N) is 1. The number of benzene rings is 2. The Labute approximate surface area is 124 Å². The predicted octanol–water partition coefficient (Wildman–Crippen LogP) is 2.05. The molecule has 0 saturated heterocycles. The van der Waals surface area contributed by atoms with Crippen molar-refractivity contribution in [1.29, 1.82) is 0 Å². The highest BCUT2D eigenvalue weighted by atomic mass is 32.2. The fourth-order valence-electron chi connectivity index (χ4n) is 3.85. The molecule has 2 aliphatic rings. The minimum Gasteiger partial charge on any atom is -0.324 e. The average molecular weight is 299 g/mol. The minimum absolute atomic E-state index is 0.119. The molecule has 4 rings (SSSR count). The van der Waals surface area contributed by atoms with Crippen molar-refractivity contribution in [1.82, 2.24) is 0 Å². The van der Waals surface area contributed by atoms with E-state index in [0.29, 0.717) is 4.90 Å². The molecule has 1 unspecified atom stereocenters. The Morgan fingerprint density at radius 3 is 2.19 bits per heavy atom. The van der Waals surface area contributed by atoms with Crippen LogP contribution in [0.2, 0.25) is 0 Å². The van der Waals surface area contributed by atoms with Gasteiger partial charge >= 0.3 is 0 Å². The largest absolute Gasteiger partial charge is 0.324 e. The van der Waals surface area contributed by atoms with Crippen LogP contribution in [-0.2, 0) is 22.7 Å². The highest BCUT2D eigenvalue weighted by molar-refractivity contribution is 7.91. The second-order valence-electron chi connectivity index (χ2n) is 6.23. The van der Waals surface area contributed by atoms with E-state index in [1.54, 1.807) is 12.1 Å². The van der Waals surface area contributed by atoms with Crippen molar-refractivity contribution in [3.63, 3.8) is 0 Å². The standard InChI is InChI=1S/C17H17NO2S/c18-17(9-12-5-1-2-6-13(12)10-17)15-11-21(19,20)16-8-4-3-7-14(15)16/h1-8,15H,9-11,18H2.